The standard InChI is InChI=1S/C25H29N3O3S/c1-5-18-10-11-19(24-20-8-6-7-9-21(20)25(29)27-26-24)14-22(18)32(30,31)28-23-16(3)12-15(2)13-17(23)4/h10-14,28H,5-9H2,1-4H3,(H,27,29). The molecule has 3 aromatic rings. The number of hydrogen-bond donors (Lipinski definition) is 2. The number of hydrogen-bond acceptors (Lipinski definition) is 4. The third-order valence-corrected chi connectivity index (χ3v) is 7.65. The number of rotatable bonds is 5. The molecule has 6 nitrogen and oxygen atoms in total. The number of H-pyrrole nitrogens is 1. The van der Waals surface area contributed by atoms with Gasteiger partial charge in [-0.25, -0.2) is 13.5 Å². The summed E-state index contributed by atoms with van der Waals surface area (Å²) in [4.78, 5) is 12.5. The molecule has 2 aromatic carbocycles. The summed E-state index contributed by atoms with van der Waals surface area (Å²) >= 11 is 0. The van der Waals surface area contributed by atoms with Crippen LogP contribution in [-0.2, 0) is 29.3 Å². The molecule has 1 aliphatic rings. The van der Waals surface area contributed by atoms with Crippen molar-refractivity contribution >= 4 is 15.7 Å². The Morgan fingerprint density at radius 2 is 1.66 bits per heavy atom. The highest BCUT2D eigenvalue weighted by Gasteiger charge is 2.24. The highest BCUT2D eigenvalue weighted by Crippen LogP contribution is 2.32. The van der Waals surface area contributed by atoms with E-state index in [0.29, 0.717) is 23.4 Å². The van der Waals surface area contributed by atoms with Crippen LogP contribution in [0, 0.1) is 20.8 Å². The van der Waals surface area contributed by atoms with Crippen molar-refractivity contribution in [1.82, 2.24) is 10.2 Å². The van der Waals surface area contributed by atoms with Crippen LogP contribution < -0.4 is 10.3 Å². The molecule has 1 aromatic heterocycles. The van der Waals surface area contributed by atoms with E-state index in [1.807, 2.05) is 52.0 Å². The molecule has 0 saturated heterocycles. The lowest BCUT2D eigenvalue weighted by Crippen LogP contribution is -2.22. The van der Waals surface area contributed by atoms with E-state index < -0.39 is 10.0 Å². The van der Waals surface area contributed by atoms with Crippen molar-refractivity contribution in [3.05, 3.63) is 74.1 Å². The number of nitrogens with one attached hydrogen (secondary N) is 2. The van der Waals surface area contributed by atoms with Crippen LogP contribution in [0.2, 0.25) is 0 Å². The summed E-state index contributed by atoms with van der Waals surface area (Å²) in [6.07, 6.45) is 4.06. The monoisotopic (exact) mass is 451 g/mol. The topological polar surface area (TPSA) is 91.9 Å². The molecule has 168 valence electrons. The fourth-order valence-electron chi connectivity index (χ4n) is 4.67. The first-order chi connectivity index (χ1) is 15.2. The van der Waals surface area contributed by atoms with Crippen molar-refractivity contribution in [3.8, 4) is 11.3 Å². The number of nitrogens with zero attached hydrogens (tertiary/aromatic N) is 1. The Kier molecular flexibility index (Phi) is 5.95. The minimum atomic E-state index is -3.82. The maximum atomic E-state index is 13.5. The zero-order valence-electron chi connectivity index (χ0n) is 19.0. The van der Waals surface area contributed by atoms with Gasteiger partial charge in [0.05, 0.1) is 16.3 Å². The molecule has 0 fully saturated rings. The SMILES string of the molecule is CCc1ccc(-c2n[nH]c(=O)c3c2CCCC3)cc1S(=O)(=O)Nc1c(C)cc(C)cc1C. The Hall–Kier alpha value is -2.93. The van der Waals surface area contributed by atoms with Gasteiger partial charge >= 0.3 is 0 Å². The third-order valence-electron chi connectivity index (χ3n) is 6.22. The van der Waals surface area contributed by atoms with E-state index in [4.69, 9.17) is 0 Å². The first kappa shape index (κ1) is 22.3. The summed E-state index contributed by atoms with van der Waals surface area (Å²) in [6.45, 7) is 7.75. The summed E-state index contributed by atoms with van der Waals surface area (Å²) in [5.41, 5.74) is 7.15. The second-order valence-corrected chi connectivity index (χ2v) is 10.3. The second kappa shape index (κ2) is 8.54. The minimum absolute atomic E-state index is 0.145. The normalized spacial score (nSPS) is 13.6. The maximum Gasteiger partial charge on any atom is 0.267 e. The predicted octanol–water partition coefficient (Wildman–Crippen LogP) is 4.60. The molecule has 7 heteroatoms. The zero-order chi connectivity index (χ0) is 23.0. The molecule has 1 aliphatic carbocycles. The maximum absolute atomic E-state index is 13.5. The van der Waals surface area contributed by atoms with Gasteiger partial charge in [-0.05, 0) is 81.2 Å². The Balaban J connectivity index is 1.83. The number of aryl methyl sites for hydroxylation is 4. The number of sulfonamides is 1. The highest BCUT2D eigenvalue weighted by atomic mass is 32.2. The lowest BCUT2D eigenvalue weighted by atomic mass is 9.89. The molecule has 0 unspecified atom stereocenters. The van der Waals surface area contributed by atoms with Crippen molar-refractivity contribution < 1.29 is 8.42 Å². The van der Waals surface area contributed by atoms with Crippen LogP contribution in [0.3, 0.4) is 0 Å². The van der Waals surface area contributed by atoms with Crippen molar-refractivity contribution in [2.24, 2.45) is 0 Å². The average Bonchev–Trinajstić information content (AvgIpc) is 2.76. The number of aromatic nitrogens is 2. The first-order valence-corrected chi connectivity index (χ1v) is 12.5. The van der Waals surface area contributed by atoms with E-state index in [1.54, 1.807) is 6.07 Å². The molecular formula is C25H29N3O3S. The van der Waals surface area contributed by atoms with Crippen LogP contribution in [0.1, 0.15) is 53.1 Å². The fourth-order valence-corrected chi connectivity index (χ4v) is 6.21. The van der Waals surface area contributed by atoms with Crippen LogP contribution in [0.25, 0.3) is 11.3 Å². The number of anilines is 1. The molecule has 0 aliphatic heterocycles. The van der Waals surface area contributed by atoms with Crippen LogP contribution in [-0.4, -0.2) is 18.6 Å². The van der Waals surface area contributed by atoms with Gasteiger partial charge in [0.15, 0.2) is 0 Å². The number of benzene rings is 2. The zero-order valence-corrected chi connectivity index (χ0v) is 19.8. The Bertz CT molecular complexity index is 1330. The largest absolute Gasteiger partial charge is 0.279 e. The van der Waals surface area contributed by atoms with Gasteiger partial charge < -0.3 is 0 Å². The molecule has 1 heterocycles. The smallest absolute Gasteiger partial charge is 0.267 e. The van der Waals surface area contributed by atoms with Gasteiger partial charge in [0, 0.05) is 11.1 Å². The van der Waals surface area contributed by atoms with Crippen molar-refractivity contribution in [2.45, 2.75) is 64.7 Å². The molecular weight excluding hydrogens is 422 g/mol. The van der Waals surface area contributed by atoms with Gasteiger partial charge in [0.1, 0.15) is 0 Å². The van der Waals surface area contributed by atoms with Gasteiger partial charge in [-0.2, -0.15) is 5.10 Å². The van der Waals surface area contributed by atoms with E-state index in [9.17, 15) is 13.2 Å². The van der Waals surface area contributed by atoms with Gasteiger partial charge in [-0.3, -0.25) is 9.52 Å². The van der Waals surface area contributed by atoms with E-state index in [-0.39, 0.29) is 10.5 Å². The van der Waals surface area contributed by atoms with Crippen LogP contribution in [0.5, 0.6) is 0 Å². The summed E-state index contributed by atoms with van der Waals surface area (Å²) in [5, 5.41) is 6.91. The molecule has 4 rings (SSSR count). The van der Waals surface area contributed by atoms with Gasteiger partial charge in [-0.15, -0.1) is 0 Å². The molecule has 0 bridgehead atoms. The summed E-state index contributed by atoms with van der Waals surface area (Å²) in [7, 11) is -3.82. The molecule has 0 atom stereocenters. The number of fused-ring (bicyclic) bond motifs is 1. The van der Waals surface area contributed by atoms with E-state index in [0.717, 1.165) is 59.1 Å². The third kappa shape index (κ3) is 4.09. The average molecular weight is 452 g/mol. The van der Waals surface area contributed by atoms with Crippen LogP contribution >= 0.6 is 0 Å². The molecule has 0 radical (unpaired) electrons. The summed E-state index contributed by atoms with van der Waals surface area (Å²) in [5.74, 6) is 0. The predicted molar refractivity (Wildman–Crippen MR) is 128 cm³/mol. The summed E-state index contributed by atoms with van der Waals surface area (Å²) in [6, 6.07) is 9.38. The number of aromatic amines is 1. The molecule has 32 heavy (non-hydrogen) atoms. The van der Waals surface area contributed by atoms with Crippen LogP contribution in [0.4, 0.5) is 5.69 Å². The van der Waals surface area contributed by atoms with Gasteiger partial charge in [-0.1, -0.05) is 36.8 Å². The quantitative estimate of drug-likeness (QED) is 0.593. The Labute approximate surface area is 189 Å². The lowest BCUT2D eigenvalue weighted by molar-refractivity contribution is 0.600. The van der Waals surface area contributed by atoms with E-state index in [2.05, 4.69) is 14.9 Å². The first-order valence-electron chi connectivity index (χ1n) is 11.1. The molecule has 0 amide bonds. The highest BCUT2D eigenvalue weighted by molar-refractivity contribution is 7.92. The minimum Gasteiger partial charge on any atom is -0.279 e. The summed E-state index contributed by atoms with van der Waals surface area (Å²) < 4.78 is 29.8. The van der Waals surface area contributed by atoms with Gasteiger partial charge in [0.25, 0.3) is 15.6 Å². The Morgan fingerprint density at radius 1 is 1.00 bits per heavy atom. The van der Waals surface area contributed by atoms with Crippen molar-refractivity contribution in [1.29, 1.82) is 0 Å². The molecule has 0 saturated carbocycles. The molecule has 0 spiro atoms. The fraction of sp³-hybridized carbons (Fsp3) is 0.360. The second-order valence-electron chi connectivity index (χ2n) is 8.62. The van der Waals surface area contributed by atoms with Crippen molar-refractivity contribution in [2.75, 3.05) is 4.72 Å². The lowest BCUT2D eigenvalue weighted by Gasteiger charge is -2.19. The van der Waals surface area contributed by atoms with Crippen LogP contribution in [0.15, 0.2) is 40.0 Å². The van der Waals surface area contributed by atoms with E-state index >= 15 is 0 Å². The Morgan fingerprint density at radius 3 is 2.31 bits per heavy atom. The molecule has 2 N–H and O–H groups in total. The van der Waals surface area contributed by atoms with Crippen molar-refractivity contribution in [3.63, 3.8) is 0 Å². The van der Waals surface area contributed by atoms with E-state index in [1.165, 1.54) is 0 Å². The van der Waals surface area contributed by atoms with Gasteiger partial charge in [0.2, 0.25) is 0 Å².